The van der Waals surface area contributed by atoms with Gasteiger partial charge in [0.25, 0.3) is 0 Å². The van der Waals surface area contributed by atoms with Gasteiger partial charge in [-0.3, -0.25) is 0 Å². The zero-order valence-electron chi connectivity index (χ0n) is 12.1. The van der Waals surface area contributed by atoms with E-state index in [4.69, 9.17) is 9.47 Å². The maximum Gasteiger partial charge on any atom is 0.129 e. The van der Waals surface area contributed by atoms with Gasteiger partial charge in [0.05, 0.1) is 25.0 Å². The van der Waals surface area contributed by atoms with Crippen LogP contribution in [0.4, 0.5) is 0 Å². The number of nitrogens with zero attached hydrogens (tertiary/aromatic N) is 1. The van der Waals surface area contributed by atoms with E-state index in [2.05, 4.69) is 10.3 Å². The van der Waals surface area contributed by atoms with Crippen LogP contribution in [-0.2, 0) is 11.3 Å². The molecule has 0 aliphatic rings. The van der Waals surface area contributed by atoms with Gasteiger partial charge in [-0.15, -0.1) is 11.3 Å². The number of nitrogens with one attached hydrogen (secondary N) is 1. The standard InChI is InChI=1S/C15H20N2O2S/c1-11-14(10-16-8-9-18-2)20-15(17-11)12-6-4-5-7-13(12)19-3/h4-7,16H,8-10H2,1-3H3. The molecule has 0 amide bonds. The fraction of sp³-hybridized carbons (Fsp3) is 0.400. The van der Waals surface area contributed by atoms with Crippen molar-refractivity contribution in [1.29, 1.82) is 0 Å². The summed E-state index contributed by atoms with van der Waals surface area (Å²) in [6.07, 6.45) is 0. The van der Waals surface area contributed by atoms with E-state index >= 15 is 0 Å². The molecule has 1 N–H and O–H groups in total. The Kier molecular flexibility index (Phi) is 5.52. The van der Waals surface area contributed by atoms with Gasteiger partial charge in [0.1, 0.15) is 10.8 Å². The van der Waals surface area contributed by atoms with E-state index in [1.807, 2.05) is 31.2 Å². The van der Waals surface area contributed by atoms with E-state index in [1.165, 1.54) is 4.88 Å². The van der Waals surface area contributed by atoms with Crippen molar-refractivity contribution < 1.29 is 9.47 Å². The van der Waals surface area contributed by atoms with Crippen LogP contribution in [-0.4, -0.2) is 32.4 Å². The minimum atomic E-state index is 0.719. The zero-order valence-corrected chi connectivity index (χ0v) is 12.9. The van der Waals surface area contributed by atoms with Crippen molar-refractivity contribution in [3.05, 3.63) is 34.8 Å². The maximum atomic E-state index is 5.40. The van der Waals surface area contributed by atoms with E-state index in [-0.39, 0.29) is 0 Å². The molecule has 0 unspecified atom stereocenters. The molecule has 1 aromatic heterocycles. The summed E-state index contributed by atoms with van der Waals surface area (Å²) in [5.74, 6) is 0.861. The predicted octanol–water partition coefficient (Wildman–Crippen LogP) is 2.86. The van der Waals surface area contributed by atoms with Crippen molar-refractivity contribution in [3.8, 4) is 16.3 Å². The molecule has 1 aromatic carbocycles. The van der Waals surface area contributed by atoms with Crippen LogP contribution < -0.4 is 10.1 Å². The number of hydrogen-bond acceptors (Lipinski definition) is 5. The number of aromatic nitrogens is 1. The molecule has 0 atom stereocenters. The minimum Gasteiger partial charge on any atom is -0.496 e. The second-order valence-electron chi connectivity index (χ2n) is 4.40. The summed E-state index contributed by atoms with van der Waals surface area (Å²) in [6, 6.07) is 7.98. The third kappa shape index (κ3) is 3.56. The lowest BCUT2D eigenvalue weighted by Crippen LogP contribution is -2.18. The molecule has 4 nitrogen and oxygen atoms in total. The first-order chi connectivity index (χ1) is 9.76. The van der Waals surface area contributed by atoms with Crippen LogP contribution in [0.1, 0.15) is 10.6 Å². The molecule has 0 aliphatic heterocycles. The molecular weight excluding hydrogens is 272 g/mol. The molecule has 2 rings (SSSR count). The van der Waals surface area contributed by atoms with E-state index in [9.17, 15) is 0 Å². The number of methoxy groups -OCH3 is 2. The smallest absolute Gasteiger partial charge is 0.129 e. The van der Waals surface area contributed by atoms with Crippen molar-refractivity contribution in [3.63, 3.8) is 0 Å². The molecule has 20 heavy (non-hydrogen) atoms. The average Bonchev–Trinajstić information content (AvgIpc) is 2.85. The molecular formula is C15H20N2O2S. The molecule has 0 spiro atoms. The SMILES string of the molecule is COCCNCc1sc(-c2ccccc2OC)nc1C. The molecule has 0 radical (unpaired) electrons. The Hall–Kier alpha value is -1.43. The summed E-state index contributed by atoms with van der Waals surface area (Å²) in [4.78, 5) is 5.91. The van der Waals surface area contributed by atoms with Gasteiger partial charge in [0, 0.05) is 25.1 Å². The van der Waals surface area contributed by atoms with Crippen molar-refractivity contribution in [1.82, 2.24) is 10.3 Å². The molecule has 1 heterocycles. The Labute approximate surface area is 123 Å². The molecule has 5 heteroatoms. The Morgan fingerprint density at radius 1 is 1.25 bits per heavy atom. The first kappa shape index (κ1) is 15.0. The molecule has 0 saturated carbocycles. The fourth-order valence-corrected chi connectivity index (χ4v) is 2.97. The van der Waals surface area contributed by atoms with Gasteiger partial charge < -0.3 is 14.8 Å². The number of para-hydroxylation sites is 1. The van der Waals surface area contributed by atoms with Crippen LogP contribution in [0.3, 0.4) is 0 Å². The summed E-state index contributed by atoms with van der Waals surface area (Å²) >= 11 is 1.71. The molecule has 0 fully saturated rings. The number of hydrogen-bond donors (Lipinski definition) is 1. The lowest BCUT2D eigenvalue weighted by Gasteiger charge is -2.04. The normalized spacial score (nSPS) is 10.8. The third-order valence-corrected chi connectivity index (χ3v) is 4.19. The highest BCUT2D eigenvalue weighted by Crippen LogP contribution is 2.34. The van der Waals surface area contributed by atoms with Crippen molar-refractivity contribution in [2.45, 2.75) is 13.5 Å². The molecule has 108 valence electrons. The van der Waals surface area contributed by atoms with Gasteiger partial charge in [-0.25, -0.2) is 4.98 Å². The van der Waals surface area contributed by atoms with E-state index in [1.54, 1.807) is 25.6 Å². The second-order valence-corrected chi connectivity index (χ2v) is 5.48. The van der Waals surface area contributed by atoms with Gasteiger partial charge in [-0.05, 0) is 19.1 Å². The number of rotatable bonds is 7. The van der Waals surface area contributed by atoms with Gasteiger partial charge in [0.2, 0.25) is 0 Å². The molecule has 0 aliphatic carbocycles. The number of aryl methyl sites for hydroxylation is 1. The summed E-state index contributed by atoms with van der Waals surface area (Å²) in [5, 5.41) is 4.35. The maximum absolute atomic E-state index is 5.40. The van der Waals surface area contributed by atoms with Gasteiger partial charge in [-0.2, -0.15) is 0 Å². The first-order valence-corrected chi connectivity index (χ1v) is 7.37. The molecule has 0 bridgehead atoms. The highest BCUT2D eigenvalue weighted by Gasteiger charge is 2.12. The lowest BCUT2D eigenvalue weighted by atomic mass is 10.2. The Morgan fingerprint density at radius 3 is 2.80 bits per heavy atom. The van der Waals surface area contributed by atoms with Crippen LogP contribution in [0.2, 0.25) is 0 Å². The zero-order chi connectivity index (χ0) is 14.4. The topological polar surface area (TPSA) is 43.4 Å². The average molecular weight is 292 g/mol. The first-order valence-electron chi connectivity index (χ1n) is 6.55. The highest BCUT2D eigenvalue weighted by molar-refractivity contribution is 7.15. The Bertz CT molecular complexity index is 555. The highest BCUT2D eigenvalue weighted by atomic mass is 32.1. The number of ether oxygens (including phenoxy) is 2. The van der Waals surface area contributed by atoms with Crippen LogP contribution in [0.15, 0.2) is 24.3 Å². The van der Waals surface area contributed by atoms with Crippen molar-refractivity contribution in [2.24, 2.45) is 0 Å². The number of thiazole rings is 1. The van der Waals surface area contributed by atoms with Crippen molar-refractivity contribution >= 4 is 11.3 Å². The third-order valence-electron chi connectivity index (χ3n) is 3.00. The van der Waals surface area contributed by atoms with Gasteiger partial charge >= 0.3 is 0 Å². The molecule has 0 saturated heterocycles. The Balaban J connectivity index is 2.14. The van der Waals surface area contributed by atoms with Crippen LogP contribution in [0.25, 0.3) is 10.6 Å². The summed E-state index contributed by atoms with van der Waals surface area (Å²) in [7, 11) is 3.39. The van der Waals surface area contributed by atoms with Gasteiger partial charge in [0.15, 0.2) is 0 Å². The van der Waals surface area contributed by atoms with Crippen LogP contribution in [0.5, 0.6) is 5.75 Å². The van der Waals surface area contributed by atoms with E-state index in [0.717, 1.165) is 41.7 Å². The van der Waals surface area contributed by atoms with Crippen LogP contribution in [0, 0.1) is 6.92 Å². The number of benzene rings is 1. The van der Waals surface area contributed by atoms with Crippen LogP contribution >= 0.6 is 11.3 Å². The predicted molar refractivity (Wildman–Crippen MR) is 82.4 cm³/mol. The largest absolute Gasteiger partial charge is 0.496 e. The van der Waals surface area contributed by atoms with Gasteiger partial charge in [-0.1, -0.05) is 12.1 Å². The summed E-state index contributed by atoms with van der Waals surface area (Å²) < 4.78 is 10.4. The quantitative estimate of drug-likeness (QED) is 0.797. The summed E-state index contributed by atoms with van der Waals surface area (Å²) in [5.41, 5.74) is 2.12. The second kappa shape index (κ2) is 7.38. The minimum absolute atomic E-state index is 0.719. The lowest BCUT2D eigenvalue weighted by molar-refractivity contribution is 0.199. The molecule has 2 aromatic rings. The monoisotopic (exact) mass is 292 g/mol. The fourth-order valence-electron chi connectivity index (χ4n) is 1.90. The van der Waals surface area contributed by atoms with E-state index in [0.29, 0.717) is 0 Å². The Morgan fingerprint density at radius 2 is 2.05 bits per heavy atom. The van der Waals surface area contributed by atoms with E-state index < -0.39 is 0 Å². The van der Waals surface area contributed by atoms with Crippen molar-refractivity contribution in [2.75, 3.05) is 27.4 Å². The summed E-state index contributed by atoms with van der Waals surface area (Å²) in [6.45, 7) is 4.43.